The van der Waals surface area contributed by atoms with Crippen molar-refractivity contribution < 1.29 is 14.3 Å². The Labute approximate surface area is 180 Å². The van der Waals surface area contributed by atoms with Crippen LogP contribution < -0.4 is 14.8 Å². The summed E-state index contributed by atoms with van der Waals surface area (Å²) in [5, 5.41) is 12.1. The second kappa shape index (κ2) is 10.2. The number of amides is 1. The van der Waals surface area contributed by atoms with Gasteiger partial charge in [0.15, 0.2) is 11.0 Å². The van der Waals surface area contributed by atoms with E-state index in [4.69, 9.17) is 9.47 Å². The van der Waals surface area contributed by atoms with Gasteiger partial charge in [-0.25, -0.2) is 0 Å². The Kier molecular flexibility index (Phi) is 7.35. The lowest BCUT2D eigenvalue weighted by molar-refractivity contribution is -0.120. The summed E-state index contributed by atoms with van der Waals surface area (Å²) in [6.07, 6.45) is 0.892. The van der Waals surface area contributed by atoms with Gasteiger partial charge in [0.25, 0.3) is 0 Å². The number of nitrogens with zero attached hydrogens (tertiary/aromatic N) is 3. The molecule has 3 aromatic rings. The van der Waals surface area contributed by atoms with Crippen LogP contribution in [0.5, 0.6) is 11.5 Å². The number of methoxy groups -OCH3 is 2. The SMILES string of the molecule is CCCNC(=O)C(C)Sc1nnc(-c2ccccc2OC)n1-c1ccc(OC)cc1. The smallest absolute Gasteiger partial charge is 0.233 e. The average Bonchev–Trinajstić information content (AvgIpc) is 3.20. The summed E-state index contributed by atoms with van der Waals surface area (Å²) in [6.45, 7) is 4.55. The lowest BCUT2D eigenvalue weighted by atomic mass is 10.2. The molecular weight excluding hydrogens is 400 g/mol. The van der Waals surface area contributed by atoms with E-state index in [-0.39, 0.29) is 11.2 Å². The van der Waals surface area contributed by atoms with Crippen LogP contribution in [0.4, 0.5) is 0 Å². The van der Waals surface area contributed by atoms with Crippen molar-refractivity contribution in [2.75, 3.05) is 20.8 Å². The highest BCUT2D eigenvalue weighted by molar-refractivity contribution is 8.00. The first-order chi connectivity index (χ1) is 14.6. The van der Waals surface area contributed by atoms with E-state index < -0.39 is 0 Å². The highest BCUT2D eigenvalue weighted by atomic mass is 32.2. The minimum atomic E-state index is -0.316. The van der Waals surface area contributed by atoms with Gasteiger partial charge in [-0.1, -0.05) is 30.8 Å². The van der Waals surface area contributed by atoms with Crippen LogP contribution >= 0.6 is 11.8 Å². The molecule has 1 amide bonds. The maximum atomic E-state index is 12.4. The first-order valence-corrected chi connectivity index (χ1v) is 10.6. The maximum Gasteiger partial charge on any atom is 0.233 e. The normalized spacial score (nSPS) is 11.7. The van der Waals surface area contributed by atoms with Gasteiger partial charge in [0.1, 0.15) is 11.5 Å². The molecule has 0 saturated heterocycles. The molecule has 3 rings (SSSR count). The summed E-state index contributed by atoms with van der Waals surface area (Å²) in [5.41, 5.74) is 1.68. The van der Waals surface area contributed by atoms with E-state index in [1.54, 1.807) is 14.2 Å². The van der Waals surface area contributed by atoms with E-state index in [0.717, 1.165) is 23.4 Å². The molecule has 30 heavy (non-hydrogen) atoms. The van der Waals surface area contributed by atoms with Crippen molar-refractivity contribution in [2.45, 2.75) is 30.7 Å². The van der Waals surface area contributed by atoms with Gasteiger partial charge in [-0.2, -0.15) is 0 Å². The van der Waals surface area contributed by atoms with Crippen LogP contribution in [-0.2, 0) is 4.79 Å². The number of para-hydroxylation sites is 1. The Bertz CT molecular complexity index is 988. The number of rotatable bonds is 9. The molecule has 1 heterocycles. The third-order valence-corrected chi connectivity index (χ3v) is 5.56. The summed E-state index contributed by atoms with van der Waals surface area (Å²) in [7, 11) is 3.26. The number of ether oxygens (including phenoxy) is 2. The molecule has 8 heteroatoms. The molecule has 1 unspecified atom stereocenters. The molecule has 158 valence electrons. The molecule has 0 radical (unpaired) electrons. The second-order valence-corrected chi connectivity index (χ2v) is 7.90. The van der Waals surface area contributed by atoms with E-state index in [9.17, 15) is 4.79 Å². The fourth-order valence-corrected chi connectivity index (χ4v) is 3.81. The number of hydrogen-bond donors (Lipinski definition) is 1. The minimum absolute atomic E-state index is 0.0232. The highest BCUT2D eigenvalue weighted by Gasteiger charge is 2.23. The molecule has 1 N–H and O–H groups in total. The molecule has 1 atom stereocenters. The standard InChI is InChI=1S/C22H26N4O3S/c1-5-14-23-21(27)15(2)30-22-25-24-20(18-8-6-7-9-19(18)29-4)26(22)16-10-12-17(28-3)13-11-16/h6-13,15H,5,14H2,1-4H3,(H,23,27). The first kappa shape index (κ1) is 21.7. The molecular formula is C22H26N4O3S. The maximum absolute atomic E-state index is 12.4. The predicted molar refractivity (Wildman–Crippen MR) is 119 cm³/mol. The third kappa shape index (κ3) is 4.76. The Hall–Kier alpha value is -3.00. The summed E-state index contributed by atoms with van der Waals surface area (Å²) >= 11 is 1.37. The minimum Gasteiger partial charge on any atom is -0.497 e. The quantitative estimate of drug-likeness (QED) is 0.522. The van der Waals surface area contributed by atoms with Crippen molar-refractivity contribution in [3.05, 3.63) is 48.5 Å². The Balaban J connectivity index is 2.04. The van der Waals surface area contributed by atoms with E-state index >= 15 is 0 Å². The van der Waals surface area contributed by atoms with Crippen LogP contribution in [0.3, 0.4) is 0 Å². The molecule has 0 aliphatic heterocycles. The van der Waals surface area contributed by atoms with Crippen LogP contribution in [0.2, 0.25) is 0 Å². The molecule has 7 nitrogen and oxygen atoms in total. The average molecular weight is 427 g/mol. The van der Waals surface area contributed by atoms with Gasteiger partial charge >= 0.3 is 0 Å². The van der Waals surface area contributed by atoms with Crippen molar-refractivity contribution in [3.63, 3.8) is 0 Å². The van der Waals surface area contributed by atoms with Crippen LogP contribution in [-0.4, -0.2) is 46.7 Å². The second-order valence-electron chi connectivity index (χ2n) is 6.59. The summed E-state index contributed by atoms with van der Waals surface area (Å²) in [6, 6.07) is 15.3. The summed E-state index contributed by atoms with van der Waals surface area (Å²) in [4.78, 5) is 12.4. The number of hydrogen-bond acceptors (Lipinski definition) is 6. The van der Waals surface area contributed by atoms with Crippen LogP contribution in [0.1, 0.15) is 20.3 Å². The van der Waals surface area contributed by atoms with Gasteiger partial charge in [0.05, 0.1) is 30.7 Å². The van der Waals surface area contributed by atoms with Crippen molar-refractivity contribution in [1.29, 1.82) is 0 Å². The van der Waals surface area contributed by atoms with E-state index in [0.29, 0.717) is 23.3 Å². The van der Waals surface area contributed by atoms with E-state index in [1.807, 2.05) is 66.9 Å². The zero-order chi connectivity index (χ0) is 21.5. The monoisotopic (exact) mass is 426 g/mol. The number of carbonyl (C=O) groups is 1. The largest absolute Gasteiger partial charge is 0.497 e. The summed E-state index contributed by atoms with van der Waals surface area (Å²) in [5.74, 6) is 2.07. The van der Waals surface area contributed by atoms with Gasteiger partial charge in [-0.05, 0) is 49.7 Å². The lowest BCUT2D eigenvalue weighted by Crippen LogP contribution is -2.31. The van der Waals surface area contributed by atoms with Gasteiger partial charge in [0, 0.05) is 6.54 Å². The zero-order valence-electron chi connectivity index (χ0n) is 17.6. The first-order valence-electron chi connectivity index (χ1n) is 9.76. The Morgan fingerprint density at radius 2 is 1.83 bits per heavy atom. The van der Waals surface area contributed by atoms with Gasteiger partial charge in [-0.15, -0.1) is 10.2 Å². The lowest BCUT2D eigenvalue weighted by Gasteiger charge is -2.15. The molecule has 2 aromatic carbocycles. The zero-order valence-corrected chi connectivity index (χ0v) is 18.4. The molecule has 0 fully saturated rings. The molecule has 0 bridgehead atoms. The number of thioether (sulfide) groups is 1. The van der Waals surface area contributed by atoms with Crippen molar-refractivity contribution in [2.24, 2.45) is 0 Å². The Morgan fingerprint density at radius 3 is 2.50 bits per heavy atom. The van der Waals surface area contributed by atoms with Crippen LogP contribution in [0.25, 0.3) is 17.1 Å². The molecule has 0 saturated carbocycles. The molecule has 0 aliphatic rings. The van der Waals surface area contributed by atoms with E-state index in [2.05, 4.69) is 15.5 Å². The van der Waals surface area contributed by atoms with E-state index in [1.165, 1.54) is 11.8 Å². The summed E-state index contributed by atoms with van der Waals surface area (Å²) < 4.78 is 12.7. The topological polar surface area (TPSA) is 78.3 Å². The predicted octanol–water partition coefficient (Wildman–Crippen LogP) is 3.96. The molecule has 0 spiro atoms. The van der Waals surface area contributed by atoms with Gasteiger partial charge < -0.3 is 14.8 Å². The van der Waals surface area contributed by atoms with Gasteiger partial charge in [-0.3, -0.25) is 9.36 Å². The number of aromatic nitrogens is 3. The molecule has 1 aromatic heterocycles. The fraction of sp³-hybridized carbons (Fsp3) is 0.318. The van der Waals surface area contributed by atoms with Crippen molar-refractivity contribution >= 4 is 17.7 Å². The third-order valence-electron chi connectivity index (χ3n) is 4.51. The number of nitrogens with one attached hydrogen (secondary N) is 1. The van der Waals surface area contributed by atoms with Crippen LogP contribution in [0, 0.1) is 0 Å². The Morgan fingerprint density at radius 1 is 1.10 bits per heavy atom. The highest BCUT2D eigenvalue weighted by Crippen LogP contribution is 2.34. The number of carbonyl (C=O) groups excluding carboxylic acids is 1. The fourth-order valence-electron chi connectivity index (χ4n) is 2.92. The van der Waals surface area contributed by atoms with Crippen molar-refractivity contribution in [3.8, 4) is 28.6 Å². The van der Waals surface area contributed by atoms with Crippen molar-refractivity contribution in [1.82, 2.24) is 20.1 Å². The van der Waals surface area contributed by atoms with Gasteiger partial charge in [0.2, 0.25) is 5.91 Å². The number of benzene rings is 2. The van der Waals surface area contributed by atoms with Crippen LogP contribution in [0.15, 0.2) is 53.7 Å². The molecule has 0 aliphatic carbocycles.